The van der Waals surface area contributed by atoms with Gasteiger partial charge >= 0.3 is 6.18 Å². The minimum Gasteiger partial charge on any atom is -0.323 e. The number of para-hydroxylation sites is 1. The first-order valence-corrected chi connectivity index (χ1v) is 4.95. The summed E-state index contributed by atoms with van der Waals surface area (Å²) < 4.78 is 37.4. The number of carbonyl (C=O) groups excluding carboxylic acids is 1. The summed E-state index contributed by atoms with van der Waals surface area (Å²) in [5.74, 6) is -0.903. The van der Waals surface area contributed by atoms with E-state index in [2.05, 4.69) is 0 Å². The summed E-state index contributed by atoms with van der Waals surface area (Å²) in [6.45, 7) is 0. The molecule has 0 fully saturated rings. The summed E-state index contributed by atoms with van der Waals surface area (Å²) in [7, 11) is 0. The number of alkyl halides is 5. The van der Waals surface area contributed by atoms with E-state index in [0.29, 0.717) is 0 Å². The van der Waals surface area contributed by atoms with Gasteiger partial charge in [-0.3, -0.25) is 4.79 Å². The fraction of sp³-hybridized carbons (Fsp3) is 0.222. The van der Waals surface area contributed by atoms with Crippen molar-refractivity contribution in [3.63, 3.8) is 0 Å². The molecule has 1 aromatic rings. The first-order chi connectivity index (χ1) is 7.32. The van der Waals surface area contributed by atoms with Crippen LogP contribution in [0.3, 0.4) is 0 Å². The standard InChI is InChI=1S/C9H6Cl2F3NO/c10-7(11)8(16)15-6-4-2-1-3-5(6)9(12,13)14/h1-4,7H,(H,15,16). The first-order valence-electron chi connectivity index (χ1n) is 4.07. The lowest BCUT2D eigenvalue weighted by atomic mass is 10.1. The molecule has 0 atom stereocenters. The molecule has 0 aliphatic rings. The second-order valence-corrected chi connectivity index (χ2v) is 3.93. The van der Waals surface area contributed by atoms with Crippen LogP contribution in [0.4, 0.5) is 18.9 Å². The topological polar surface area (TPSA) is 29.1 Å². The number of anilines is 1. The van der Waals surface area contributed by atoms with Crippen LogP contribution in [-0.4, -0.2) is 10.7 Å². The summed E-state index contributed by atoms with van der Waals surface area (Å²) in [4.78, 5) is 9.63. The van der Waals surface area contributed by atoms with Crippen LogP contribution < -0.4 is 5.32 Å². The van der Waals surface area contributed by atoms with E-state index in [1.165, 1.54) is 12.1 Å². The molecule has 0 saturated carbocycles. The predicted molar refractivity (Wildman–Crippen MR) is 55.6 cm³/mol. The SMILES string of the molecule is O=C(Nc1ccccc1C(F)(F)F)C(Cl)Cl. The minimum atomic E-state index is -4.54. The van der Waals surface area contributed by atoms with Crippen molar-refractivity contribution in [1.29, 1.82) is 0 Å². The molecule has 1 amide bonds. The van der Waals surface area contributed by atoms with Gasteiger partial charge in [-0.25, -0.2) is 0 Å². The monoisotopic (exact) mass is 271 g/mol. The van der Waals surface area contributed by atoms with Crippen LogP contribution >= 0.6 is 23.2 Å². The molecule has 1 aromatic carbocycles. The molecule has 16 heavy (non-hydrogen) atoms. The molecule has 0 aliphatic heterocycles. The molecule has 0 spiro atoms. The number of nitrogens with one attached hydrogen (secondary N) is 1. The lowest BCUT2D eigenvalue weighted by Gasteiger charge is -2.13. The van der Waals surface area contributed by atoms with Crippen molar-refractivity contribution in [2.45, 2.75) is 11.0 Å². The zero-order chi connectivity index (χ0) is 12.3. The number of hydrogen-bond donors (Lipinski definition) is 1. The molecule has 0 heterocycles. The van der Waals surface area contributed by atoms with E-state index in [1.54, 1.807) is 0 Å². The maximum Gasteiger partial charge on any atom is 0.418 e. The van der Waals surface area contributed by atoms with Gasteiger partial charge in [0.15, 0.2) is 4.84 Å². The van der Waals surface area contributed by atoms with E-state index in [4.69, 9.17) is 23.2 Å². The average molecular weight is 272 g/mol. The van der Waals surface area contributed by atoms with E-state index in [-0.39, 0.29) is 5.69 Å². The van der Waals surface area contributed by atoms with E-state index < -0.39 is 22.5 Å². The van der Waals surface area contributed by atoms with Gasteiger partial charge in [0.25, 0.3) is 5.91 Å². The number of halogens is 5. The van der Waals surface area contributed by atoms with Gasteiger partial charge in [0.2, 0.25) is 0 Å². The molecular weight excluding hydrogens is 266 g/mol. The Labute approximate surface area is 99.3 Å². The van der Waals surface area contributed by atoms with E-state index in [0.717, 1.165) is 12.1 Å². The number of hydrogen-bond acceptors (Lipinski definition) is 1. The molecule has 7 heteroatoms. The van der Waals surface area contributed by atoms with Crippen LogP contribution in [0.1, 0.15) is 5.56 Å². The third-order valence-corrected chi connectivity index (χ3v) is 2.08. The Balaban J connectivity index is 3.01. The van der Waals surface area contributed by atoms with Gasteiger partial charge in [0, 0.05) is 0 Å². The fourth-order valence-electron chi connectivity index (χ4n) is 1.03. The van der Waals surface area contributed by atoms with Crippen LogP contribution in [0.2, 0.25) is 0 Å². The molecule has 0 radical (unpaired) electrons. The number of carbonyl (C=O) groups is 1. The zero-order valence-corrected chi connectivity index (χ0v) is 9.20. The highest BCUT2D eigenvalue weighted by molar-refractivity contribution is 6.54. The first kappa shape index (κ1) is 13.1. The average Bonchev–Trinajstić information content (AvgIpc) is 2.16. The molecule has 88 valence electrons. The summed E-state index contributed by atoms with van der Waals surface area (Å²) in [5, 5.41) is 1.99. The van der Waals surface area contributed by atoms with Gasteiger partial charge in [-0.2, -0.15) is 13.2 Å². The van der Waals surface area contributed by atoms with Gasteiger partial charge in [-0.05, 0) is 12.1 Å². The largest absolute Gasteiger partial charge is 0.418 e. The number of benzene rings is 1. The zero-order valence-electron chi connectivity index (χ0n) is 7.68. The minimum absolute atomic E-state index is 0.369. The van der Waals surface area contributed by atoms with E-state index >= 15 is 0 Å². The second-order valence-electron chi connectivity index (χ2n) is 2.83. The Morgan fingerprint density at radius 3 is 2.31 bits per heavy atom. The maximum atomic E-state index is 12.5. The Morgan fingerprint density at radius 1 is 1.25 bits per heavy atom. The third kappa shape index (κ3) is 3.28. The quantitative estimate of drug-likeness (QED) is 0.821. The van der Waals surface area contributed by atoms with Crippen LogP contribution in [0.5, 0.6) is 0 Å². The van der Waals surface area contributed by atoms with Crippen molar-refractivity contribution >= 4 is 34.8 Å². The van der Waals surface area contributed by atoms with Crippen LogP contribution in [-0.2, 0) is 11.0 Å². The van der Waals surface area contributed by atoms with Gasteiger partial charge in [0.1, 0.15) is 0 Å². The lowest BCUT2D eigenvalue weighted by molar-refractivity contribution is -0.137. The highest BCUT2D eigenvalue weighted by Gasteiger charge is 2.33. The highest BCUT2D eigenvalue weighted by Crippen LogP contribution is 2.34. The van der Waals surface area contributed by atoms with E-state index in [1.807, 2.05) is 5.32 Å². The molecule has 0 aliphatic carbocycles. The molecule has 0 aromatic heterocycles. The van der Waals surface area contributed by atoms with Gasteiger partial charge < -0.3 is 5.32 Å². The van der Waals surface area contributed by atoms with Crippen molar-refractivity contribution in [1.82, 2.24) is 0 Å². The summed E-state index contributed by atoms with van der Waals surface area (Å²) >= 11 is 10.4. The van der Waals surface area contributed by atoms with Crippen LogP contribution in [0.25, 0.3) is 0 Å². The number of rotatable bonds is 2. The predicted octanol–water partition coefficient (Wildman–Crippen LogP) is 3.45. The maximum absolute atomic E-state index is 12.5. The normalized spacial score (nSPS) is 11.6. The summed E-state index contributed by atoms with van der Waals surface area (Å²) in [6.07, 6.45) is -4.54. The highest BCUT2D eigenvalue weighted by atomic mass is 35.5. The molecule has 1 N–H and O–H groups in total. The van der Waals surface area contributed by atoms with Crippen molar-refractivity contribution in [2.24, 2.45) is 0 Å². The van der Waals surface area contributed by atoms with Gasteiger partial charge in [-0.1, -0.05) is 35.3 Å². The number of amides is 1. The Hall–Kier alpha value is -0.940. The van der Waals surface area contributed by atoms with E-state index in [9.17, 15) is 18.0 Å². The molecule has 2 nitrogen and oxygen atoms in total. The second kappa shape index (κ2) is 4.93. The molecular formula is C9H6Cl2F3NO. The molecule has 1 rings (SSSR count). The fourth-order valence-corrected chi connectivity index (χ4v) is 1.14. The lowest BCUT2D eigenvalue weighted by Crippen LogP contribution is -2.21. The van der Waals surface area contributed by atoms with Crippen molar-refractivity contribution in [2.75, 3.05) is 5.32 Å². The van der Waals surface area contributed by atoms with Gasteiger partial charge in [0.05, 0.1) is 11.3 Å². The smallest absolute Gasteiger partial charge is 0.323 e. The Bertz CT molecular complexity index is 393. The van der Waals surface area contributed by atoms with Crippen molar-refractivity contribution in [3.8, 4) is 0 Å². The van der Waals surface area contributed by atoms with Crippen LogP contribution in [0, 0.1) is 0 Å². The van der Waals surface area contributed by atoms with Gasteiger partial charge in [-0.15, -0.1) is 0 Å². The summed E-state index contributed by atoms with van der Waals surface area (Å²) in [6, 6.07) is 4.56. The molecule has 0 bridgehead atoms. The van der Waals surface area contributed by atoms with Crippen molar-refractivity contribution < 1.29 is 18.0 Å². The Kier molecular flexibility index (Phi) is 4.04. The summed E-state index contributed by atoms with van der Waals surface area (Å²) in [5.41, 5.74) is -1.32. The van der Waals surface area contributed by atoms with Crippen LogP contribution in [0.15, 0.2) is 24.3 Å². The Morgan fingerprint density at radius 2 is 1.81 bits per heavy atom. The van der Waals surface area contributed by atoms with Crippen molar-refractivity contribution in [3.05, 3.63) is 29.8 Å². The molecule has 0 unspecified atom stereocenters. The molecule has 0 saturated heterocycles. The third-order valence-electron chi connectivity index (χ3n) is 1.69.